The standard InChI is InChI=1S/C25H34N4O3/c1-25(2,3)32-24(31)28-15-8-7-13-22(28)23(30)27-20-12-9-14-21-19(20)16-26-29(21)17-18-10-5-4-6-11-18/h4-6,10-11,16,20,22H,7-9,12-15,17H2,1-3H3,(H,27,30)/t20-,22+/m0/s1. The van der Waals surface area contributed by atoms with Gasteiger partial charge in [-0.2, -0.15) is 5.10 Å². The zero-order valence-electron chi connectivity index (χ0n) is 19.3. The van der Waals surface area contributed by atoms with E-state index in [1.807, 2.05) is 45.2 Å². The Morgan fingerprint density at radius 3 is 2.66 bits per heavy atom. The van der Waals surface area contributed by atoms with Crippen molar-refractivity contribution in [2.24, 2.45) is 0 Å². The first-order valence-electron chi connectivity index (χ1n) is 11.7. The number of hydrogen-bond acceptors (Lipinski definition) is 4. The topological polar surface area (TPSA) is 76.5 Å². The summed E-state index contributed by atoms with van der Waals surface area (Å²) in [7, 11) is 0. The van der Waals surface area contributed by atoms with Crippen LogP contribution in [0.2, 0.25) is 0 Å². The van der Waals surface area contributed by atoms with E-state index in [1.165, 1.54) is 11.3 Å². The molecule has 1 aromatic carbocycles. The Labute approximate surface area is 190 Å². The Morgan fingerprint density at radius 1 is 1.12 bits per heavy atom. The van der Waals surface area contributed by atoms with Gasteiger partial charge in [0.1, 0.15) is 11.6 Å². The molecule has 1 fully saturated rings. The van der Waals surface area contributed by atoms with E-state index in [-0.39, 0.29) is 11.9 Å². The van der Waals surface area contributed by atoms with Crippen LogP contribution in [0.1, 0.15) is 75.7 Å². The number of hydrogen-bond donors (Lipinski definition) is 1. The third-order valence-corrected chi connectivity index (χ3v) is 6.19. The SMILES string of the molecule is CC(C)(C)OC(=O)N1CCCC[C@@H]1C(=O)N[C@H]1CCCc2c1cnn2Cc1ccccc1. The van der Waals surface area contributed by atoms with Crippen molar-refractivity contribution in [3.05, 3.63) is 53.3 Å². The van der Waals surface area contributed by atoms with Crippen molar-refractivity contribution in [3.8, 4) is 0 Å². The molecule has 0 unspecified atom stereocenters. The van der Waals surface area contributed by atoms with Gasteiger partial charge in [0.05, 0.1) is 18.8 Å². The smallest absolute Gasteiger partial charge is 0.410 e. The van der Waals surface area contributed by atoms with Crippen LogP contribution in [0.4, 0.5) is 4.79 Å². The molecule has 32 heavy (non-hydrogen) atoms. The van der Waals surface area contributed by atoms with Crippen molar-refractivity contribution in [2.45, 2.75) is 83.5 Å². The van der Waals surface area contributed by atoms with Gasteiger partial charge in [0.2, 0.25) is 5.91 Å². The fraction of sp³-hybridized carbons (Fsp3) is 0.560. The van der Waals surface area contributed by atoms with Crippen LogP contribution >= 0.6 is 0 Å². The number of benzene rings is 1. The maximum Gasteiger partial charge on any atom is 0.410 e. The second kappa shape index (κ2) is 9.35. The molecule has 1 N–H and O–H groups in total. The number of piperidine rings is 1. The van der Waals surface area contributed by atoms with Gasteiger partial charge in [-0.05, 0) is 64.9 Å². The zero-order chi connectivity index (χ0) is 22.7. The molecule has 2 heterocycles. The van der Waals surface area contributed by atoms with Gasteiger partial charge >= 0.3 is 6.09 Å². The summed E-state index contributed by atoms with van der Waals surface area (Å²) >= 11 is 0. The van der Waals surface area contributed by atoms with Gasteiger partial charge in [0, 0.05) is 17.8 Å². The quantitative estimate of drug-likeness (QED) is 0.776. The fourth-order valence-electron chi connectivity index (χ4n) is 4.67. The highest BCUT2D eigenvalue weighted by Crippen LogP contribution is 2.31. The largest absolute Gasteiger partial charge is 0.444 e. The Kier molecular flexibility index (Phi) is 6.53. The molecule has 1 aliphatic carbocycles. The molecule has 2 aromatic rings. The molecule has 1 saturated heterocycles. The molecule has 7 nitrogen and oxygen atoms in total. The third-order valence-electron chi connectivity index (χ3n) is 6.19. The Morgan fingerprint density at radius 2 is 1.91 bits per heavy atom. The number of nitrogens with one attached hydrogen (secondary N) is 1. The van der Waals surface area contributed by atoms with Gasteiger partial charge in [0.25, 0.3) is 0 Å². The first kappa shape index (κ1) is 22.4. The fourth-order valence-corrected chi connectivity index (χ4v) is 4.67. The number of ether oxygens (including phenoxy) is 1. The van der Waals surface area contributed by atoms with Crippen LogP contribution < -0.4 is 5.32 Å². The van der Waals surface area contributed by atoms with E-state index in [0.29, 0.717) is 13.0 Å². The van der Waals surface area contributed by atoms with Crippen LogP contribution in [0.5, 0.6) is 0 Å². The average molecular weight is 439 g/mol. The molecular weight excluding hydrogens is 404 g/mol. The summed E-state index contributed by atoms with van der Waals surface area (Å²) in [5, 5.41) is 7.86. The summed E-state index contributed by atoms with van der Waals surface area (Å²) in [5.74, 6) is -0.0933. The molecule has 2 atom stereocenters. The molecule has 1 aromatic heterocycles. The van der Waals surface area contributed by atoms with E-state index >= 15 is 0 Å². The molecule has 0 spiro atoms. The highest BCUT2D eigenvalue weighted by atomic mass is 16.6. The highest BCUT2D eigenvalue weighted by molar-refractivity contribution is 5.86. The molecule has 172 valence electrons. The second-order valence-corrected chi connectivity index (χ2v) is 9.83. The molecule has 2 amide bonds. The van der Waals surface area contributed by atoms with Crippen LogP contribution in [0.15, 0.2) is 36.5 Å². The lowest BCUT2D eigenvalue weighted by molar-refractivity contribution is -0.128. The van der Waals surface area contributed by atoms with E-state index < -0.39 is 17.7 Å². The molecule has 0 radical (unpaired) electrons. The van der Waals surface area contributed by atoms with Crippen molar-refractivity contribution < 1.29 is 14.3 Å². The highest BCUT2D eigenvalue weighted by Gasteiger charge is 2.36. The predicted octanol–water partition coefficient (Wildman–Crippen LogP) is 4.21. The minimum atomic E-state index is -0.582. The normalized spacial score (nSPS) is 21.0. The van der Waals surface area contributed by atoms with Crippen molar-refractivity contribution in [3.63, 3.8) is 0 Å². The molecule has 4 rings (SSSR count). The first-order valence-corrected chi connectivity index (χ1v) is 11.7. The molecule has 0 saturated carbocycles. The van der Waals surface area contributed by atoms with Gasteiger partial charge in [-0.1, -0.05) is 30.3 Å². The van der Waals surface area contributed by atoms with E-state index in [9.17, 15) is 9.59 Å². The lowest BCUT2D eigenvalue weighted by Gasteiger charge is -2.36. The summed E-state index contributed by atoms with van der Waals surface area (Å²) in [4.78, 5) is 27.6. The van der Waals surface area contributed by atoms with Gasteiger partial charge in [-0.25, -0.2) is 4.79 Å². The van der Waals surface area contributed by atoms with E-state index in [0.717, 1.165) is 44.2 Å². The summed E-state index contributed by atoms with van der Waals surface area (Å²) in [5.41, 5.74) is 2.92. The Bertz CT molecular complexity index is 948. The van der Waals surface area contributed by atoms with Crippen LogP contribution in [-0.2, 0) is 22.5 Å². The van der Waals surface area contributed by atoms with E-state index in [4.69, 9.17) is 4.74 Å². The average Bonchev–Trinajstić information content (AvgIpc) is 3.17. The van der Waals surface area contributed by atoms with Gasteiger partial charge in [-0.3, -0.25) is 14.4 Å². The monoisotopic (exact) mass is 438 g/mol. The van der Waals surface area contributed by atoms with Gasteiger partial charge < -0.3 is 10.1 Å². The Hall–Kier alpha value is -2.83. The minimum absolute atomic E-state index is 0.0711. The number of rotatable bonds is 4. The lowest BCUT2D eigenvalue weighted by atomic mass is 9.92. The van der Waals surface area contributed by atoms with Crippen LogP contribution in [-0.4, -0.2) is 44.9 Å². The zero-order valence-corrected chi connectivity index (χ0v) is 19.3. The molecular formula is C25H34N4O3. The number of fused-ring (bicyclic) bond motifs is 1. The van der Waals surface area contributed by atoms with E-state index in [2.05, 4.69) is 27.2 Å². The van der Waals surface area contributed by atoms with Crippen LogP contribution in [0, 0.1) is 0 Å². The first-order chi connectivity index (χ1) is 15.3. The predicted molar refractivity (Wildman–Crippen MR) is 122 cm³/mol. The van der Waals surface area contributed by atoms with Crippen LogP contribution in [0.3, 0.4) is 0 Å². The lowest BCUT2D eigenvalue weighted by Crippen LogP contribution is -2.53. The minimum Gasteiger partial charge on any atom is -0.444 e. The Balaban J connectivity index is 1.46. The molecule has 1 aliphatic heterocycles. The molecule has 2 aliphatic rings. The van der Waals surface area contributed by atoms with Crippen molar-refractivity contribution in [1.82, 2.24) is 20.0 Å². The summed E-state index contributed by atoms with van der Waals surface area (Å²) in [6.07, 6.45) is 6.82. The molecule has 7 heteroatoms. The van der Waals surface area contributed by atoms with Crippen molar-refractivity contribution >= 4 is 12.0 Å². The third kappa shape index (κ3) is 5.14. The summed E-state index contributed by atoms with van der Waals surface area (Å²) in [6, 6.07) is 9.74. The maximum absolute atomic E-state index is 13.3. The van der Waals surface area contributed by atoms with Crippen molar-refractivity contribution in [2.75, 3.05) is 6.54 Å². The molecule has 0 bridgehead atoms. The van der Waals surface area contributed by atoms with Gasteiger partial charge in [0.15, 0.2) is 0 Å². The number of carbonyl (C=O) groups is 2. The number of likely N-dealkylation sites (tertiary alicyclic amines) is 1. The summed E-state index contributed by atoms with van der Waals surface area (Å²) in [6.45, 7) is 6.82. The number of carbonyl (C=O) groups excluding carboxylic acids is 2. The number of nitrogens with zero attached hydrogens (tertiary/aromatic N) is 3. The maximum atomic E-state index is 13.3. The van der Waals surface area contributed by atoms with Crippen LogP contribution in [0.25, 0.3) is 0 Å². The van der Waals surface area contributed by atoms with Crippen molar-refractivity contribution in [1.29, 1.82) is 0 Å². The number of amides is 2. The van der Waals surface area contributed by atoms with Gasteiger partial charge in [-0.15, -0.1) is 0 Å². The summed E-state index contributed by atoms with van der Waals surface area (Å²) < 4.78 is 7.61. The number of aromatic nitrogens is 2. The second-order valence-electron chi connectivity index (χ2n) is 9.83. The van der Waals surface area contributed by atoms with E-state index in [1.54, 1.807) is 4.90 Å².